The van der Waals surface area contributed by atoms with E-state index in [1.165, 1.54) is 0 Å². The van der Waals surface area contributed by atoms with Crippen molar-refractivity contribution in [2.45, 2.75) is 6.92 Å². The predicted octanol–water partition coefficient (Wildman–Crippen LogP) is 5.05. The van der Waals surface area contributed by atoms with Crippen LogP contribution in [0.15, 0.2) is 84.9 Å². The van der Waals surface area contributed by atoms with Gasteiger partial charge in [0.15, 0.2) is 0 Å². The Balaban J connectivity index is 1.28. The number of aryl methyl sites for hydroxylation is 1. The van der Waals surface area contributed by atoms with Crippen molar-refractivity contribution in [3.63, 3.8) is 0 Å². The van der Waals surface area contributed by atoms with E-state index in [1.54, 1.807) is 7.11 Å². The summed E-state index contributed by atoms with van der Waals surface area (Å²) in [4.78, 5) is 21.4. The van der Waals surface area contributed by atoms with Crippen molar-refractivity contribution in [2.24, 2.45) is 0 Å². The molecule has 1 amide bonds. The minimum atomic E-state index is -0.117. The van der Waals surface area contributed by atoms with Gasteiger partial charge in [-0.3, -0.25) is 4.79 Å². The molecule has 0 aliphatic heterocycles. The lowest BCUT2D eigenvalue weighted by Gasteiger charge is -2.11. The van der Waals surface area contributed by atoms with Crippen LogP contribution in [0.4, 0.5) is 17.5 Å². The third-order valence-electron chi connectivity index (χ3n) is 5.16. The minimum absolute atomic E-state index is 0.117. The number of nitrogens with one attached hydrogen (secondary N) is 3. The summed E-state index contributed by atoms with van der Waals surface area (Å²) in [5.74, 6) is 1.86. The van der Waals surface area contributed by atoms with Crippen molar-refractivity contribution in [1.82, 2.24) is 15.3 Å². The van der Waals surface area contributed by atoms with Crippen LogP contribution in [0.3, 0.4) is 0 Å². The van der Waals surface area contributed by atoms with Crippen LogP contribution in [0.1, 0.15) is 16.1 Å². The summed E-state index contributed by atoms with van der Waals surface area (Å²) < 4.78 is 5.19. The van der Waals surface area contributed by atoms with Crippen molar-refractivity contribution < 1.29 is 9.53 Å². The van der Waals surface area contributed by atoms with Gasteiger partial charge in [0, 0.05) is 36.1 Å². The zero-order valence-corrected chi connectivity index (χ0v) is 19.2. The zero-order chi connectivity index (χ0) is 23.8. The Morgan fingerprint density at radius 3 is 2.26 bits per heavy atom. The summed E-state index contributed by atoms with van der Waals surface area (Å²) in [5, 5.41) is 9.36. The quantitative estimate of drug-likeness (QED) is 0.308. The third kappa shape index (κ3) is 6.10. The second kappa shape index (κ2) is 11.0. The standard InChI is InChI=1S/C27H27N5O2/c1-19-18-25(31-23-12-14-24(34-2)15-13-23)32-27(30-19)29-17-16-28-26(33)22-10-8-21(9-11-22)20-6-4-3-5-7-20/h3-15,18H,16-17H2,1-2H3,(H,28,33)(H2,29,30,31,32). The first-order valence-corrected chi connectivity index (χ1v) is 11.0. The second-order valence-electron chi connectivity index (χ2n) is 7.70. The lowest BCUT2D eigenvalue weighted by Crippen LogP contribution is -2.29. The summed E-state index contributed by atoms with van der Waals surface area (Å²) in [6.07, 6.45) is 0. The first-order chi connectivity index (χ1) is 16.6. The number of rotatable bonds is 9. The molecule has 0 bridgehead atoms. The molecular weight excluding hydrogens is 426 g/mol. The number of hydrogen-bond donors (Lipinski definition) is 3. The Morgan fingerprint density at radius 1 is 0.853 bits per heavy atom. The molecule has 1 aromatic heterocycles. The van der Waals surface area contributed by atoms with E-state index in [-0.39, 0.29) is 5.91 Å². The molecule has 4 aromatic rings. The molecule has 0 aliphatic rings. The van der Waals surface area contributed by atoms with Crippen LogP contribution >= 0.6 is 0 Å². The highest BCUT2D eigenvalue weighted by Crippen LogP contribution is 2.20. The van der Waals surface area contributed by atoms with Crippen molar-refractivity contribution in [2.75, 3.05) is 30.8 Å². The van der Waals surface area contributed by atoms with Gasteiger partial charge >= 0.3 is 0 Å². The molecule has 3 aromatic carbocycles. The predicted molar refractivity (Wildman–Crippen MR) is 136 cm³/mol. The van der Waals surface area contributed by atoms with Gasteiger partial charge in [-0.05, 0) is 54.4 Å². The van der Waals surface area contributed by atoms with E-state index in [9.17, 15) is 4.79 Å². The van der Waals surface area contributed by atoms with Gasteiger partial charge in [0.25, 0.3) is 5.91 Å². The maximum atomic E-state index is 12.5. The number of carbonyl (C=O) groups excluding carboxylic acids is 1. The monoisotopic (exact) mass is 453 g/mol. The van der Waals surface area contributed by atoms with Gasteiger partial charge in [0.2, 0.25) is 5.95 Å². The van der Waals surface area contributed by atoms with Gasteiger partial charge in [-0.25, -0.2) is 4.98 Å². The lowest BCUT2D eigenvalue weighted by molar-refractivity contribution is 0.0955. The maximum Gasteiger partial charge on any atom is 0.251 e. The number of methoxy groups -OCH3 is 1. The van der Waals surface area contributed by atoms with Crippen molar-refractivity contribution in [1.29, 1.82) is 0 Å². The van der Waals surface area contributed by atoms with Gasteiger partial charge in [-0.2, -0.15) is 4.98 Å². The topological polar surface area (TPSA) is 88.2 Å². The number of hydrogen-bond acceptors (Lipinski definition) is 6. The van der Waals surface area contributed by atoms with E-state index in [0.29, 0.717) is 30.4 Å². The number of anilines is 3. The lowest BCUT2D eigenvalue weighted by atomic mass is 10.0. The molecular formula is C27H27N5O2. The molecule has 0 saturated heterocycles. The van der Waals surface area contributed by atoms with Crippen molar-refractivity contribution in [3.8, 4) is 16.9 Å². The molecule has 0 spiro atoms. The number of aromatic nitrogens is 2. The second-order valence-corrected chi connectivity index (χ2v) is 7.70. The highest BCUT2D eigenvalue weighted by Gasteiger charge is 2.07. The third-order valence-corrected chi connectivity index (χ3v) is 5.16. The summed E-state index contributed by atoms with van der Waals surface area (Å²) >= 11 is 0. The van der Waals surface area contributed by atoms with Crippen LogP contribution in [-0.4, -0.2) is 36.1 Å². The maximum absolute atomic E-state index is 12.5. The van der Waals surface area contributed by atoms with E-state index in [2.05, 4.69) is 25.9 Å². The fraction of sp³-hybridized carbons (Fsp3) is 0.148. The Kier molecular flexibility index (Phi) is 7.35. The Labute approximate surface area is 199 Å². The van der Waals surface area contributed by atoms with Crippen LogP contribution in [0.25, 0.3) is 11.1 Å². The fourth-order valence-electron chi connectivity index (χ4n) is 3.43. The highest BCUT2D eigenvalue weighted by molar-refractivity contribution is 5.94. The Hall–Kier alpha value is -4.39. The molecule has 0 saturated carbocycles. The summed E-state index contributed by atoms with van der Waals surface area (Å²) in [6, 6.07) is 27.2. The normalized spacial score (nSPS) is 10.4. The Bertz CT molecular complexity index is 1230. The summed E-state index contributed by atoms with van der Waals surface area (Å²) in [5.41, 5.74) is 4.55. The van der Waals surface area contributed by atoms with E-state index in [0.717, 1.165) is 28.3 Å². The van der Waals surface area contributed by atoms with Gasteiger partial charge in [0.05, 0.1) is 7.11 Å². The Morgan fingerprint density at radius 2 is 1.56 bits per heavy atom. The van der Waals surface area contributed by atoms with Crippen molar-refractivity contribution >= 4 is 23.4 Å². The van der Waals surface area contributed by atoms with Crippen molar-refractivity contribution in [3.05, 3.63) is 96.2 Å². The number of nitrogens with zero attached hydrogens (tertiary/aromatic N) is 2. The first kappa shape index (κ1) is 22.8. The number of ether oxygens (including phenoxy) is 1. The minimum Gasteiger partial charge on any atom is -0.497 e. The van der Waals surface area contributed by atoms with E-state index in [1.807, 2.05) is 91.9 Å². The van der Waals surface area contributed by atoms with Crippen LogP contribution in [0, 0.1) is 6.92 Å². The van der Waals surface area contributed by atoms with Crippen LogP contribution < -0.4 is 20.7 Å². The summed E-state index contributed by atoms with van der Waals surface area (Å²) in [6.45, 7) is 2.85. The van der Waals surface area contributed by atoms with Crippen LogP contribution in [-0.2, 0) is 0 Å². The number of benzene rings is 3. The number of carbonyl (C=O) groups is 1. The molecule has 0 fully saturated rings. The highest BCUT2D eigenvalue weighted by atomic mass is 16.5. The van der Waals surface area contributed by atoms with Gasteiger partial charge < -0.3 is 20.7 Å². The molecule has 0 atom stereocenters. The molecule has 0 radical (unpaired) electrons. The van der Waals surface area contributed by atoms with Crippen LogP contribution in [0.5, 0.6) is 5.75 Å². The molecule has 172 valence electrons. The average Bonchev–Trinajstić information content (AvgIpc) is 2.87. The van der Waals surface area contributed by atoms with Gasteiger partial charge in [0.1, 0.15) is 11.6 Å². The van der Waals surface area contributed by atoms with E-state index >= 15 is 0 Å². The SMILES string of the molecule is COc1ccc(Nc2cc(C)nc(NCCNC(=O)c3ccc(-c4ccccc4)cc3)n2)cc1. The average molecular weight is 454 g/mol. The fourth-order valence-corrected chi connectivity index (χ4v) is 3.43. The van der Waals surface area contributed by atoms with E-state index in [4.69, 9.17) is 4.74 Å². The number of amides is 1. The van der Waals surface area contributed by atoms with Gasteiger partial charge in [-0.1, -0.05) is 42.5 Å². The first-order valence-electron chi connectivity index (χ1n) is 11.0. The summed E-state index contributed by atoms with van der Waals surface area (Å²) in [7, 11) is 1.64. The molecule has 0 unspecified atom stereocenters. The largest absolute Gasteiger partial charge is 0.497 e. The molecule has 1 heterocycles. The smallest absolute Gasteiger partial charge is 0.251 e. The molecule has 34 heavy (non-hydrogen) atoms. The molecule has 0 aliphatic carbocycles. The zero-order valence-electron chi connectivity index (χ0n) is 19.2. The molecule has 7 nitrogen and oxygen atoms in total. The molecule has 7 heteroatoms. The van der Waals surface area contributed by atoms with Gasteiger partial charge in [-0.15, -0.1) is 0 Å². The van der Waals surface area contributed by atoms with E-state index < -0.39 is 0 Å². The molecule has 4 rings (SSSR count). The van der Waals surface area contributed by atoms with Crippen LogP contribution in [0.2, 0.25) is 0 Å². The molecule has 3 N–H and O–H groups in total.